The molecule has 7 nitrogen and oxygen atoms in total. The Balaban J connectivity index is 1.52. The molecule has 0 unspecified atom stereocenters. The van der Waals surface area contributed by atoms with Gasteiger partial charge in [0.15, 0.2) is 0 Å². The zero-order chi connectivity index (χ0) is 20.9. The summed E-state index contributed by atoms with van der Waals surface area (Å²) in [7, 11) is 0. The first-order chi connectivity index (χ1) is 14.6. The first-order valence-corrected chi connectivity index (χ1v) is 9.56. The Morgan fingerprint density at radius 2 is 1.60 bits per heavy atom. The van der Waals surface area contributed by atoms with Crippen molar-refractivity contribution >= 4 is 5.69 Å². The topological polar surface area (TPSA) is 91.3 Å². The molecule has 0 spiro atoms. The number of hydrogen-bond acceptors (Lipinski definition) is 6. The summed E-state index contributed by atoms with van der Waals surface area (Å²) in [5, 5.41) is 15.0. The molecule has 30 heavy (non-hydrogen) atoms. The summed E-state index contributed by atoms with van der Waals surface area (Å²) in [5.41, 5.74) is 3.41. The van der Waals surface area contributed by atoms with Crippen LogP contribution in [0.15, 0.2) is 77.3 Å². The summed E-state index contributed by atoms with van der Waals surface area (Å²) < 4.78 is 10.9. The molecule has 0 fully saturated rings. The van der Waals surface area contributed by atoms with Crippen molar-refractivity contribution in [1.29, 1.82) is 0 Å². The molecule has 0 amide bonds. The molecule has 0 bridgehead atoms. The lowest BCUT2D eigenvalue weighted by Crippen LogP contribution is -1.94. The quantitative estimate of drug-likeness (QED) is 0.288. The SMILES string of the molecule is CCCOc1ccc(-c2ccc(-c3noc(-c4cccc([N+](=O)[O-])c4)n3)cc2)cc1. The van der Waals surface area contributed by atoms with Crippen LogP contribution in [0.4, 0.5) is 5.69 Å². The van der Waals surface area contributed by atoms with Crippen molar-refractivity contribution < 1.29 is 14.2 Å². The number of non-ortho nitro benzene ring substituents is 1. The molecule has 1 heterocycles. The minimum absolute atomic E-state index is 0.0253. The summed E-state index contributed by atoms with van der Waals surface area (Å²) in [5.74, 6) is 1.52. The highest BCUT2D eigenvalue weighted by Gasteiger charge is 2.14. The predicted molar refractivity (Wildman–Crippen MR) is 113 cm³/mol. The number of nitro benzene ring substituents is 1. The molecular weight excluding hydrogens is 382 g/mol. The molecule has 150 valence electrons. The Morgan fingerprint density at radius 1 is 0.933 bits per heavy atom. The molecule has 0 atom stereocenters. The largest absolute Gasteiger partial charge is 0.494 e. The van der Waals surface area contributed by atoms with Gasteiger partial charge in [-0.15, -0.1) is 0 Å². The number of aromatic nitrogens is 2. The van der Waals surface area contributed by atoms with E-state index in [-0.39, 0.29) is 11.6 Å². The van der Waals surface area contributed by atoms with Gasteiger partial charge in [0.2, 0.25) is 5.82 Å². The highest BCUT2D eigenvalue weighted by Crippen LogP contribution is 2.28. The van der Waals surface area contributed by atoms with Gasteiger partial charge in [-0.3, -0.25) is 10.1 Å². The summed E-state index contributed by atoms with van der Waals surface area (Å²) in [6, 6.07) is 21.9. The van der Waals surface area contributed by atoms with Crippen molar-refractivity contribution in [3.05, 3.63) is 82.9 Å². The Morgan fingerprint density at radius 3 is 2.27 bits per heavy atom. The van der Waals surface area contributed by atoms with E-state index in [0.29, 0.717) is 18.0 Å². The number of nitro groups is 1. The fourth-order valence-corrected chi connectivity index (χ4v) is 2.99. The van der Waals surface area contributed by atoms with Crippen LogP contribution in [0, 0.1) is 10.1 Å². The average molecular weight is 401 g/mol. The van der Waals surface area contributed by atoms with Crippen molar-refractivity contribution in [1.82, 2.24) is 10.1 Å². The second-order valence-electron chi connectivity index (χ2n) is 6.68. The van der Waals surface area contributed by atoms with Crippen molar-refractivity contribution in [2.45, 2.75) is 13.3 Å². The van der Waals surface area contributed by atoms with Crippen LogP contribution in [-0.4, -0.2) is 21.7 Å². The minimum Gasteiger partial charge on any atom is -0.494 e. The third-order valence-electron chi connectivity index (χ3n) is 4.53. The molecule has 1 aromatic heterocycles. The van der Waals surface area contributed by atoms with Gasteiger partial charge in [-0.1, -0.05) is 54.5 Å². The van der Waals surface area contributed by atoms with Gasteiger partial charge in [-0.05, 0) is 35.7 Å². The number of hydrogen-bond donors (Lipinski definition) is 0. The summed E-state index contributed by atoms with van der Waals surface area (Å²) in [4.78, 5) is 14.9. The average Bonchev–Trinajstić information content (AvgIpc) is 3.29. The fourth-order valence-electron chi connectivity index (χ4n) is 2.99. The van der Waals surface area contributed by atoms with Crippen LogP contribution in [0.3, 0.4) is 0 Å². The summed E-state index contributed by atoms with van der Waals surface area (Å²) in [6.45, 7) is 2.78. The standard InChI is InChI=1S/C23H19N3O4/c1-2-14-29-21-12-10-17(11-13-21)16-6-8-18(9-7-16)22-24-23(30-25-22)19-4-3-5-20(15-19)26(27)28/h3-13,15H,2,14H2,1H3. The highest BCUT2D eigenvalue weighted by atomic mass is 16.6. The van der Waals surface area contributed by atoms with Gasteiger partial charge in [-0.25, -0.2) is 0 Å². The van der Waals surface area contributed by atoms with Crippen molar-refractivity contribution in [3.63, 3.8) is 0 Å². The molecule has 4 rings (SSSR count). The monoisotopic (exact) mass is 401 g/mol. The van der Waals surface area contributed by atoms with Crippen LogP contribution in [0.1, 0.15) is 13.3 Å². The van der Waals surface area contributed by atoms with Gasteiger partial charge >= 0.3 is 0 Å². The molecular formula is C23H19N3O4. The molecule has 0 aliphatic heterocycles. The Bertz CT molecular complexity index is 1150. The maximum atomic E-state index is 11.0. The van der Waals surface area contributed by atoms with Crippen LogP contribution in [-0.2, 0) is 0 Å². The number of nitrogens with zero attached hydrogens (tertiary/aromatic N) is 3. The predicted octanol–water partition coefficient (Wildman–Crippen LogP) is 5.77. The van der Waals surface area contributed by atoms with Crippen LogP contribution in [0.2, 0.25) is 0 Å². The molecule has 0 saturated heterocycles. The van der Waals surface area contributed by atoms with E-state index in [1.165, 1.54) is 12.1 Å². The molecule has 7 heteroatoms. The molecule has 3 aromatic carbocycles. The fraction of sp³-hybridized carbons (Fsp3) is 0.130. The molecule has 0 N–H and O–H groups in total. The van der Waals surface area contributed by atoms with Crippen molar-refractivity contribution in [3.8, 4) is 39.7 Å². The Labute approximate surface area is 173 Å². The first-order valence-electron chi connectivity index (χ1n) is 9.56. The van der Waals surface area contributed by atoms with Crippen LogP contribution in [0.25, 0.3) is 34.0 Å². The van der Waals surface area contributed by atoms with E-state index in [1.807, 2.05) is 48.5 Å². The third kappa shape index (κ3) is 4.20. The lowest BCUT2D eigenvalue weighted by atomic mass is 10.0. The Kier molecular flexibility index (Phi) is 5.52. The Hall–Kier alpha value is -4.00. The zero-order valence-corrected chi connectivity index (χ0v) is 16.3. The van der Waals surface area contributed by atoms with E-state index in [0.717, 1.165) is 28.9 Å². The van der Waals surface area contributed by atoms with Gasteiger partial charge in [0.25, 0.3) is 11.6 Å². The molecule has 0 aliphatic carbocycles. The van der Waals surface area contributed by atoms with Gasteiger partial charge < -0.3 is 9.26 Å². The van der Waals surface area contributed by atoms with Crippen molar-refractivity contribution in [2.24, 2.45) is 0 Å². The molecule has 0 aliphatic rings. The lowest BCUT2D eigenvalue weighted by Gasteiger charge is -2.06. The third-order valence-corrected chi connectivity index (χ3v) is 4.53. The summed E-state index contributed by atoms with van der Waals surface area (Å²) in [6.07, 6.45) is 0.974. The second-order valence-corrected chi connectivity index (χ2v) is 6.68. The van der Waals surface area contributed by atoms with Crippen LogP contribution in [0.5, 0.6) is 5.75 Å². The van der Waals surface area contributed by atoms with E-state index >= 15 is 0 Å². The maximum Gasteiger partial charge on any atom is 0.270 e. The van der Waals surface area contributed by atoms with Gasteiger partial charge in [0.05, 0.1) is 11.5 Å². The van der Waals surface area contributed by atoms with Gasteiger partial charge in [0, 0.05) is 23.3 Å². The lowest BCUT2D eigenvalue weighted by molar-refractivity contribution is -0.384. The second kappa shape index (κ2) is 8.57. The van der Waals surface area contributed by atoms with E-state index in [1.54, 1.807) is 12.1 Å². The number of ether oxygens (including phenoxy) is 1. The molecule has 0 saturated carbocycles. The van der Waals surface area contributed by atoms with Gasteiger partial charge in [0.1, 0.15) is 5.75 Å². The molecule has 0 radical (unpaired) electrons. The van der Waals surface area contributed by atoms with E-state index in [9.17, 15) is 10.1 Å². The number of benzene rings is 3. The smallest absolute Gasteiger partial charge is 0.270 e. The zero-order valence-electron chi connectivity index (χ0n) is 16.3. The minimum atomic E-state index is -0.456. The van der Waals surface area contributed by atoms with Gasteiger partial charge in [-0.2, -0.15) is 4.98 Å². The van der Waals surface area contributed by atoms with E-state index < -0.39 is 4.92 Å². The summed E-state index contributed by atoms with van der Waals surface area (Å²) >= 11 is 0. The van der Waals surface area contributed by atoms with E-state index in [4.69, 9.17) is 9.26 Å². The number of rotatable bonds is 7. The van der Waals surface area contributed by atoms with Crippen molar-refractivity contribution in [2.75, 3.05) is 6.61 Å². The first kappa shape index (κ1) is 19.3. The molecule has 4 aromatic rings. The van der Waals surface area contributed by atoms with Crippen LogP contribution >= 0.6 is 0 Å². The van der Waals surface area contributed by atoms with E-state index in [2.05, 4.69) is 17.1 Å². The normalized spacial score (nSPS) is 10.7. The van der Waals surface area contributed by atoms with Crippen LogP contribution < -0.4 is 4.74 Å². The maximum absolute atomic E-state index is 11.0. The highest BCUT2D eigenvalue weighted by molar-refractivity contribution is 5.69.